The zero-order valence-electron chi connectivity index (χ0n) is 14.9. The summed E-state index contributed by atoms with van der Waals surface area (Å²) in [5.41, 5.74) is 7.38. The monoisotopic (exact) mass is 370 g/mol. The van der Waals surface area contributed by atoms with Crippen molar-refractivity contribution < 1.29 is 19.5 Å². The molecule has 1 unspecified atom stereocenters. The van der Waals surface area contributed by atoms with Gasteiger partial charge in [0.2, 0.25) is 11.8 Å². The van der Waals surface area contributed by atoms with Gasteiger partial charge in [-0.1, -0.05) is 12.1 Å². The molecule has 0 aliphatic carbocycles. The van der Waals surface area contributed by atoms with Crippen molar-refractivity contribution in [2.24, 2.45) is 5.73 Å². The number of amides is 2. The van der Waals surface area contributed by atoms with Crippen molar-refractivity contribution in [1.82, 2.24) is 4.98 Å². The van der Waals surface area contributed by atoms with Gasteiger partial charge >= 0.3 is 5.97 Å². The van der Waals surface area contributed by atoms with Crippen molar-refractivity contribution >= 4 is 29.2 Å². The summed E-state index contributed by atoms with van der Waals surface area (Å²) in [5, 5.41) is 14.4. The van der Waals surface area contributed by atoms with Crippen LogP contribution < -0.4 is 16.4 Å². The fourth-order valence-electron chi connectivity index (χ4n) is 2.36. The van der Waals surface area contributed by atoms with E-state index in [9.17, 15) is 14.4 Å². The lowest BCUT2D eigenvalue weighted by molar-refractivity contribution is -0.117. The molecule has 1 aromatic heterocycles. The third-order valence-corrected chi connectivity index (χ3v) is 3.83. The van der Waals surface area contributed by atoms with E-state index >= 15 is 0 Å². The van der Waals surface area contributed by atoms with Crippen LogP contribution in [-0.2, 0) is 16.0 Å². The predicted molar refractivity (Wildman–Crippen MR) is 101 cm³/mol. The minimum absolute atomic E-state index is 0.00258. The Hall–Kier alpha value is -3.26. The number of nitrogens with one attached hydrogen (secondary N) is 2. The highest BCUT2D eigenvalue weighted by Crippen LogP contribution is 2.15. The number of aromatic carboxylic acids is 1. The van der Waals surface area contributed by atoms with Crippen LogP contribution in [0.1, 0.15) is 35.7 Å². The SMILES string of the molecule is CC(N)C(=O)Nc1ccc(CCCC(=O)Nc2cnccc2C(=O)O)cc1. The molecule has 0 fully saturated rings. The quantitative estimate of drug-likeness (QED) is 0.562. The molecule has 142 valence electrons. The van der Waals surface area contributed by atoms with E-state index in [4.69, 9.17) is 10.8 Å². The maximum Gasteiger partial charge on any atom is 0.337 e. The van der Waals surface area contributed by atoms with Crippen LogP contribution >= 0.6 is 0 Å². The minimum Gasteiger partial charge on any atom is -0.478 e. The van der Waals surface area contributed by atoms with Gasteiger partial charge in [0.15, 0.2) is 0 Å². The van der Waals surface area contributed by atoms with Crippen LogP contribution in [0, 0.1) is 0 Å². The van der Waals surface area contributed by atoms with E-state index in [1.54, 1.807) is 19.1 Å². The lowest BCUT2D eigenvalue weighted by atomic mass is 10.1. The van der Waals surface area contributed by atoms with E-state index in [-0.39, 0.29) is 29.5 Å². The Morgan fingerprint density at radius 1 is 1.15 bits per heavy atom. The number of anilines is 2. The summed E-state index contributed by atoms with van der Waals surface area (Å²) in [5.74, 6) is -1.65. The molecule has 27 heavy (non-hydrogen) atoms. The van der Waals surface area contributed by atoms with E-state index in [1.165, 1.54) is 18.5 Å². The first kappa shape index (κ1) is 20.1. The van der Waals surface area contributed by atoms with Crippen molar-refractivity contribution in [2.75, 3.05) is 10.6 Å². The van der Waals surface area contributed by atoms with Crippen molar-refractivity contribution in [3.8, 4) is 0 Å². The lowest BCUT2D eigenvalue weighted by Crippen LogP contribution is -2.32. The smallest absolute Gasteiger partial charge is 0.337 e. The summed E-state index contributed by atoms with van der Waals surface area (Å²) in [6, 6.07) is 8.07. The highest BCUT2D eigenvalue weighted by molar-refractivity contribution is 6.00. The summed E-state index contributed by atoms with van der Waals surface area (Å²) in [7, 11) is 0. The van der Waals surface area contributed by atoms with Gasteiger partial charge < -0.3 is 21.5 Å². The van der Waals surface area contributed by atoms with E-state index in [0.717, 1.165) is 5.56 Å². The molecule has 0 saturated carbocycles. The van der Waals surface area contributed by atoms with Gasteiger partial charge in [-0.2, -0.15) is 0 Å². The van der Waals surface area contributed by atoms with Crippen LogP contribution in [0.25, 0.3) is 0 Å². The number of aryl methyl sites for hydroxylation is 1. The highest BCUT2D eigenvalue weighted by atomic mass is 16.4. The zero-order chi connectivity index (χ0) is 19.8. The van der Waals surface area contributed by atoms with Crippen molar-refractivity contribution in [3.05, 3.63) is 53.9 Å². The fourth-order valence-corrected chi connectivity index (χ4v) is 2.36. The Balaban J connectivity index is 1.81. The van der Waals surface area contributed by atoms with Gasteiger partial charge in [0.25, 0.3) is 0 Å². The number of benzene rings is 1. The standard InChI is InChI=1S/C19H22N4O4/c1-12(20)18(25)22-14-7-5-13(6-8-14)3-2-4-17(24)23-16-11-21-10-9-15(16)19(26)27/h5-12H,2-4,20H2,1H3,(H,22,25)(H,23,24)(H,26,27). The molecule has 2 amide bonds. The van der Waals surface area contributed by atoms with Crippen LogP contribution in [0.15, 0.2) is 42.7 Å². The Labute approximate surface area is 156 Å². The first-order valence-corrected chi connectivity index (χ1v) is 8.49. The maximum absolute atomic E-state index is 12.0. The van der Waals surface area contributed by atoms with Crippen LogP contribution in [-0.4, -0.2) is 33.9 Å². The minimum atomic E-state index is -1.12. The third-order valence-electron chi connectivity index (χ3n) is 3.83. The van der Waals surface area contributed by atoms with E-state index in [1.807, 2.05) is 12.1 Å². The molecular formula is C19H22N4O4. The molecule has 0 saturated heterocycles. The number of carbonyl (C=O) groups is 3. The van der Waals surface area contributed by atoms with Gasteiger partial charge in [0.05, 0.1) is 23.5 Å². The van der Waals surface area contributed by atoms with Crippen LogP contribution in [0.3, 0.4) is 0 Å². The number of pyridine rings is 1. The first-order chi connectivity index (χ1) is 12.9. The molecular weight excluding hydrogens is 348 g/mol. The number of hydrogen-bond donors (Lipinski definition) is 4. The van der Waals surface area contributed by atoms with E-state index in [0.29, 0.717) is 18.5 Å². The van der Waals surface area contributed by atoms with Gasteiger partial charge in [-0.25, -0.2) is 4.79 Å². The van der Waals surface area contributed by atoms with Gasteiger partial charge in [-0.3, -0.25) is 14.6 Å². The molecule has 0 aliphatic heterocycles. The number of rotatable bonds is 8. The predicted octanol–water partition coefficient (Wildman–Crippen LogP) is 2.03. The molecule has 1 aromatic carbocycles. The number of carboxylic acids is 1. The normalized spacial score (nSPS) is 11.5. The zero-order valence-corrected chi connectivity index (χ0v) is 14.9. The molecule has 1 heterocycles. The molecule has 0 spiro atoms. The third kappa shape index (κ3) is 6.19. The van der Waals surface area contributed by atoms with Crippen molar-refractivity contribution in [1.29, 1.82) is 0 Å². The molecule has 5 N–H and O–H groups in total. The number of aromatic nitrogens is 1. The van der Waals surface area contributed by atoms with Gasteiger partial charge in [0.1, 0.15) is 0 Å². The first-order valence-electron chi connectivity index (χ1n) is 8.49. The summed E-state index contributed by atoms with van der Waals surface area (Å²) in [6.07, 6.45) is 4.20. The second-order valence-corrected chi connectivity index (χ2v) is 6.10. The second kappa shape index (κ2) is 9.44. The molecule has 8 nitrogen and oxygen atoms in total. The molecule has 0 radical (unpaired) electrons. The topological polar surface area (TPSA) is 134 Å². The summed E-state index contributed by atoms with van der Waals surface area (Å²) in [6.45, 7) is 1.61. The molecule has 0 bridgehead atoms. The molecule has 1 atom stereocenters. The van der Waals surface area contributed by atoms with E-state index in [2.05, 4.69) is 15.6 Å². The molecule has 2 rings (SSSR count). The van der Waals surface area contributed by atoms with Crippen molar-refractivity contribution in [3.63, 3.8) is 0 Å². The number of nitrogens with zero attached hydrogens (tertiary/aromatic N) is 1. The summed E-state index contributed by atoms with van der Waals surface area (Å²) in [4.78, 5) is 38.5. The number of hydrogen-bond acceptors (Lipinski definition) is 5. The average Bonchev–Trinajstić information content (AvgIpc) is 2.63. The largest absolute Gasteiger partial charge is 0.478 e. The second-order valence-electron chi connectivity index (χ2n) is 6.10. The van der Waals surface area contributed by atoms with Gasteiger partial charge in [-0.05, 0) is 43.5 Å². The van der Waals surface area contributed by atoms with Crippen LogP contribution in [0.2, 0.25) is 0 Å². The maximum atomic E-state index is 12.0. The number of carboxylic acid groups (broad SMARTS) is 1. The molecule has 0 aliphatic rings. The molecule has 2 aromatic rings. The Morgan fingerprint density at radius 2 is 1.85 bits per heavy atom. The summed E-state index contributed by atoms with van der Waals surface area (Å²) >= 11 is 0. The van der Waals surface area contributed by atoms with Crippen molar-refractivity contribution in [2.45, 2.75) is 32.2 Å². The van der Waals surface area contributed by atoms with Crippen LogP contribution in [0.5, 0.6) is 0 Å². The van der Waals surface area contributed by atoms with E-state index < -0.39 is 12.0 Å². The lowest BCUT2D eigenvalue weighted by Gasteiger charge is -2.09. The Bertz CT molecular complexity index is 819. The number of carbonyl (C=O) groups excluding carboxylic acids is 2. The van der Waals surface area contributed by atoms with Gasteiger partial charge in [0, 0.05) is 18.3 Å². The summed E-state index contributed by atoms with van der Waals surface area (Å²) < 4.78 is 0. The highest BCUT2D eigenvalue weighted by Gasteiger charge is 2.12. The Kier molecular flexibility index (Phi) is 7.01. The van der Waals surface area contributed by atoms with Crippen LogP contribution in [0.4, 0.5) is 11.4 Å². The van der Waals surface area contributed by atoms with Gasteiger partial charge in [-0.15, -0.1) is 0 Å². The average molecular weight is 370 g/mol. The Morgan fingerprint density at radius 3 is 2.48 bits per heavy atom. The fraction of sp³-hybridized carbons (Fsp3) is 0.263. The number of nitrogens with two attached hydrogens (primary N) is 1. The molecule has 8 heteroatoms.